The van der Waals surface area contributed by atoms with Crippen LogP contribution in [0.2, 0.25) is 5.15 Å². The van der Waals surface area contributed by atoms with Crippen molar-refractivity contribution in [3.05, 3.63) is 63.6 Å². The lowest BCUT2D eigenvalue weighted by Gasteiger charge is -2.23. The van der Waals surface area contributed by atoms with Gasteiger partial charge in [-0.1, -0.05) is 23.7 Å². The van der Waals surface area contributed by atoms with Crippen molar-refractivity contribution >= 4 is 39.9 Å². The highest BCUT2D eigenvalue weighted by Crippen LogP contribution is 2.27. The number of hydrogen-bond acceptors (Lipinski definition) is 5. The van der Waals surface area contributed by atoms with Gasteiger partial charge in [-0.25, -0.2) is 14.1 Å². The Morgan fingerprint density at radius 1 is 1.33 bits per heavy atom. The summed E-state index contributed by atoms with van der Waals surface area (Å²) in [7, 11) is 0. The first-order valence-electron chi connectivity index (χ1n) is 9.42. The second-order valence-electron chi connectivity index (χ2n) is 7.02. The molecule has 0 aliphatic carbocycles. The van der Waals surface area contributed by atoms with Crippen LogP contribution in [0.15, 0.2) is 35.8 Å². The van der Waals surface area contributed by atoms with Crippen LogP contribution in [-0.4, -0.2) is 44.1 Å². The number of nitrogens with one attached hydrogen (secondary N) is 1. The zero-order valence-corrected chi connectivity index (χ0v) is 17.7. The third kappa shape index (κ3) is 4.08. The maximum atomic E-state index is 13.3. The number of halogens is 2. The van der Waals surface area contributed by atoms with E-state index in [4.69, 9.17) is 11.6 Å². The van der Waals surface area contributed by atoms with Crippen LogP contribution < -0.4 is 5.32 Å². The van der Waals surface area contributed by atoms with Crippen LogP contribution in [0.4, 0.5) is 9.52 Å². The minimum atomic E-state index is -0.586. The van der Waals surface area contributed by atoms with Crippen LogP contribution in [0.5, 0.6) is 0 Å². The first kappa shape index (κ1) is 20.5. The summed E-state index contributed by atoms with van der Waals surface area (Å²) >= 11 is 7.82. The average Bonchev–Trinajstić information content (AvgIpc) is 3.45. The number of aromatic nitrogens is 3. The van der Waals surface area contributed by atoms with E-state index in [-0.39, 0.29) is 28.3 Å². The summed E-state index contributed by atoms with van der Waals surface area (Å²) in [6, 6.07) is 5.42. The first-order valence-corrected chi connectivity index (χ1v) is 10.7. The smallest absolute Gasteiger partial charge is 0.259 e. The average molecular weight is 448 g/mol. The maximum Gasteiger partial charge on any atom is 0.259 e. The Morgan fingerprint density at radius 3 is 2.80 bits per heavy atom. The fourth-order valence-electron chi connectivity index (χ4n) is 3.56. The number of carbonyl (C=O) groups is 2. The third-order valence-corrected chi connectivity index (χ3v) is 6.08. The van der Waals surface area contributed by atoms with Gasteiger partial charge >= 0.3 is 0 Å². The highest BCUT2D eigenvalue weighted by molar-refractivity contribution is 7.13. The number of thiazole rings is 1. The Bertz CT molecular complexity index is 1070. The van der Waals surface area contributed by atoms with Gasteiger partial charge in [-0.3, -0.25) is 9.59 Å². The molecule has 2 aromatic heterocycles. The number of benzene rings is 1. The van der Waals surface area contributed by atoms with E-state index >= 15 is 0 Å². The zero-order valence-electron chi connectivity index (χ0n) is 16.1. The molecule has 1 fully saturated rings. The number of anilines is 1. The predicted molar refractivity (Wildman–Crippen MR) is 112 cm³/mol. The van der Waals surface area contributed by atoms with E-state index in [9.17, 15) is 14.0 Å². The van der Waals surface area contributed by atoms with Gasteiger partial charge < -0.3 is 10.2 Å². The van der Waals surface area contributed by atoms with Gasteiger partial charge in [0.2, 0.25) is 5.91 Å². The van der Waals surface area contributed by atoms with Crippen molar-refractivity contribution in [2.75, 3.05) is 11.9 Å². The molecule has 1 atom stereocenters. The van der Waals surface area contributed by atoms with Crippen molar-refractivity contribution in [2.45, 2.75) is 32.4 Å². The highest BCUT2D eigenvalue weighted by Gasteiger charge is 2.37. The molecule has 0 bridgehead atoms. The molecule has 156 valence electrons. The van der Waals surface area contributed by atoms with Crippen molar-refractivity contribution in [2.24, 2.45) is 0 Å². The van der Waals surface area contributed by atoms with Crippen LogP contribution >= 0.6 is 22.9 Å². The lowest BCUT2D eigenvalue weighted by Crippen LogP contribution is -2.43. The topological polar surface area (TPSA) is 80.1 Å². The van der Waals surface area contributed by atoms with Gasteiger partial charge in [0.15, 0.2) is 5.13 Å². The normalized spacial score (nSPS) is 16.1. The SMILES string of the molecule is Cc1nn(Cc2ccc(F)cc2)c(Cl)c1C(=O)N1CCCC1C(=O)Nc1nccs1. The Morgan fingerprint density at radius 2 is 2.10 bits per heavy atom. The molecular weight excluding hydrogens is 429 g/mol. The van der Waals surface area contributed by atoms with Gasteiger partial charge in [-0.05, 0) is 37.5 Å². The minimum Gasteiger partial charge on any atom is -0.326 e. The number of hydrogen-bond donors (Lipinski definition) is 1. The lowest BCUT2D eigenvalue weighted by atomic mass is 10.1. The number of rotatable bonds is 5. The third-order valence-electron chi connectivity index (χ3n) is 5.00. The summed E-state index contributed by atoms with van der Waals surface area (Å²) in [5.74, 6) is -0.906. The van der Waals surface area contributed by atoms with E-state index in [0.29, 0.717) is 30.3 Å². The molecule has 7 nitrogen and oxygen atoms in total. The lowest BCUT2D eigenvalue weighted by molar-refractivity contribution is -0.119. The van der Waals surface area contributed by atoms with Gasteiger partial charge in [0.25, 0.3) is 5.91 Å². The van der Waals surface area contributed by atoms with Crippen molar-refractivity contribution < 1.29 is 14.0 Å². The van der Waals surface area contributed by atoms with Crippen LogP contribution in [0.25, 0.3) is 0 Å². The van der Waals surface area contributed by atoms with Crippen molar-refractivity contribution in [3.63, 3.8) is 0 Å². The number of nitrogens with zero attached hydrogens (tertiary/aromatic N) is 4. The summed E-state index contributed by atoms with van der Waals surface area (Å²) in [5, 5.41) is 9.62. The number of amides is 2. The quantitative estimate of drug-likeness (QED) is 0.646. The van der Waals surface area contributed by atoms with Crippen molar-refractivity contribution in [3.8, 4) is 0 Å². The molecule has 0 spiro atoms. The van der Waals surface area contributed by atoms with E-state index in [1.807, 2.05) is 0 Å². The van der Waals surface area contributed by atoms with Crippen molar-refractivity contribution in [1.82, 2.24) is 19.7 Å². The zero-order chi connectivity index (χ0) is 21.3. The summed E-state index contributed by atoms with van der Waals surface area (Å²) in [6.45, 7) is 2.48. The molecule has 1 unspecified atom stereocenters. The van der Waals surface area contributed by atoms with Crippen LogP contribution in [-0.2, 0) is 11.3 Å². The fraction of sp³-hybridized carbons (Fsp3) is 0.300. The molecule has 30 heavy (non-hydrogen) atoms. The largest absolute Gasteiger partial charge is 0.326 e. The van der Waals surface area contributed by atoms with Gasteiger partial charge in [-0.15, -0.1) is 11.3 Å². The Kier molecular flexibility index (Phi) is 5.83. The van der Waals surface area contributed by atoms with Crippen LogP contribution in [0.3, 0.4) is 0 Å². The second-order valence-corrected chi connectivity index (χ2v) is 8.27. The monoisotopic (exact) mass is 447 g/mol. The summed E-state index contributed by atoms with van der Waals surface area (Å²) in [6.07, 6.45) is 2.90. The van der Waals surface area contributed by atoms with Crippen molar-refractivity contribution in [1.29, 1.82) is 0 Å². The predicted octanol–water partition coefficient (Wildman–Crippen LogP) is 3.73. The molecule has 1 N–H and O–H groups in total. The molecule has 2 amide bonds. The number of aryl methyl sites for hydroxylation is 1. The van der Waals surface area contributed by atoms with E-state index in [1.54, 1.807) is 35.5 Å². The van der Waals surface area contributed by atoms with Crippen LogP contribution in [0, 0.1) is 12.7 Å². The Hall–Kier alpha value is -2.78. The molecule has 3 aromatic rings. The van der Waals surface area contributed by atoms with Gasteiger partial charge in [0, 0.05) is 18.1 Å². The number of likely N-dealkylation sites (tertiary alicyclic amines) is 1. The molecule has 1 aliphatic heterocycles. The maximum absolute atomic E-state index is 13.3. The van der Waals surface area contributed by atoms with Gasteiger partial charge in [-0.2, -0.15) is 5.10 Å². The molecule has 1 aliphatic rings. The highest BCUT2D eigenvalue weighted by atomic mass is 35.5. The number of carbonyl (C=O) groups excluding carboxylic acids is 2. The van der Waals surface area contributed by atoms with Crippen LogP contribution in [0.1, 0.15) is 34.5 Å². The molecule has 0 radical (unpaired) electrons. The summed E-state index contributed by atoms with van der Waals surface area (Å²) in [4.78, 5) is 31.5. The Labute approximate surface area is 181 Å². The molecule has 10 heteroatoms. The standard InChI is InChI=1S/C20H19ClFN5O2S/c1-12-16(17(21)27(25-12)11-13-4-6-14(22)7-5-13)19(29)26-9-2-3-15(26)18(28)24-20-23-8-10-30-20/h4-8,10,15H,2-3,9,11H2,1H3,(H,23,24,28). The van der Waals surface area contributed by atoms with Gasteiger partial charge in [0.05, 0.1) is 17.8 Å². The molecular formula is C20H19ClFN5O2S. The van der Waals surface area contributed by atoms with E-state index < -0.39 is 6.04 Å². The van der Waals surface area contributed by atoms with E-state index in [1.165, 1.54) is 28.2 Å². The first-order chi connectivity index (χ1) is 14.4. The fourth-order valence-corrected chi connectivity index (χ4v) is 4.41. The van der Waals surface area contributed by atoms with E-state index in [2.05, 4.69) is 15.4 Å². The summed E-state index contributed by atoms with van der Waals surface area (Å²) < 4.78 is 14.6. The van der Waals surface area contributed by atoms with Gasteiger partial charge in [0.1, 0.15) is 17.0 Å². The minimum absolute atomic E-state index is 0.202. The molecule has 1 saturated heterocycles. The Balaban J connectivity index is 1.54. The van der Waals surface area contributed by atoms with E-state index in [0.717, 1.165) is 12.0 Å². The summed E-state index contributed by atoms with van der Waals surface area (Å²) in [5.41, 5.74) is 1.58. The molecule has 4 rings (SSSR count). The molecule has 0 saturated carbocycles. The molecule has 3 heterocycles. The molecule has 1 aromatic carbocycles. The second kappa shape index (κ2) is 8.53.